The molecule has 2 rings (SSSR count). The van der Waals surface area contributed by atoms with Gasteiger partial charge in [-0.15, -0.1) is 0 Å². The molecule has 0 saturated heterocycles. The van der Waals surface area contributed by atoms with Crippen molar-refractivity contribution in [3.8, 4) is 0 Å². The van der Waals surface area contributed by atoms with E-state index in [1.807, 2.05) is 0 Å². The molecule has 7 nitrogen and oxygen atoms in total. The second-order valence-corrected chi connectivity index (χ2v) is 8.56. The maximum Gasteiger partial charge on any atom is 0.408 e. The fourth-order valence-corrected chi connectivity index (χ4v) is 3.36. The third kappa shape index (κ3) is 5.47. The Kier molecular flexibility index (Phi) is 5.52. The highest BCUT2D eigenvalue weighted by Gasteiger charge is 2.28. The summed E-state index contributed by atoms with van der Waals surface area (Å²) in [5.41, 5.74) is -0.0509. The second-order valence-electron chi connectivity index (χ2n) is 6.85. The highest BCUT2D eigenvalue weighted by Crippen LogP contribution is 2.23. The summed E-state index contributed by atoms with van der Waals surface area (Å²) in [6.45, 7) is 4.90. The van der Waals surface area contributed by atoms with Crippen LogP contribution in [0.1, 0.15) is 45.2 Å². The third-order valence-electron chi connectivity index (χ3n) is 3.37. The maximum atomic E-state index is 12.1. The first-order chi connectivity index (χ1) is 11.1. The Morgan fingerprint density at radius 2 is 1.88 bits per heavy atom. The zero-order valence-electron chi connectivity index (χ0n) is 14.1. The van der Waals surface area contributed by atoms with Crippen molar-refractivity contribution in [2.24, 2.45) is 0 Å². The topological polar surface area (TPSA) is 105 Å². The van der Waals surface area contributed by atoms with Gasteiger partial charge in [-0.2, -0.15) is 0 Å². The van der Waals surface area contributed by atoms with Gasteiger partial charge < -0.3 is 15.2 Å². The molecule has 1 fully saturated rings. The Hall–Kier alpha value is -1.64. The van der Waals surface area contributed by atoms with Gasteiger partial charge in [0.15, 0.2) is 0 Å². The number of benzene rings is 1. The fraction of sp³-hybridized carbons (Fsp3) is 0.562. The van der Waals surface area contributed by atoms with Gasteiger partial charge in [0.2, 0.25) is 10.0 Å². The van der Waals surface area contributed by atoms with Crippen LogP contribution in [0.4, 0.5) is 4.79 Å². The van der Waals surface area contributed by atoms with Crippen LogP contribution in [0, 0.1) is 0 Å². The minimum absolute atomic E-state index is 0.0358. The van der Waals surface area contributed by atoms with Crippen LogP contribution in [-0.2, 0) is 14.8 Å². The van der Waals surface area contributed by atoms with Gasteiger partial charge in [0.05, 0.1) is 17.5 Å². The smallest absolute Gasteiger partial charge is 0.408 e. The number of hydrogen-bond acceptors (Lipinski definition) is 5. The number of alkyl carbamates (subject to hydrolysis) is 1. The van der Waals surface area contributed by atoms with E-state index in [1.54, 1.807) is 32.9 Å². The molecule has 0 bridgehead atoms. The monoisotopic (exact) mass is 356 g/mol. The van der Waals surface area contributed by atoms with Crippen molar-refractivity contribution in [1.29, 1.82) is 0 Å². The number of hydrogen-bond donors (Lipinski definition) is 3. The van der Waals surface area contributed by atoms with Gasteiger partial charge >= 0.3 is 6.09 Å². The number of sulfonamides is 1. The second kappa shape index (κ2) is 7.08. The van der Waals surface area contributed by atoms with Gasteiger partial charge in [-0.25, -0.2) is 17.9 Å². The average Bonchev–Trinajstić information content (AvgIpc) is 3.26. The first-order valence-corrected chi connectivity index (χ1v) is 9.32. The average molecular weight is 356 g/mol. The van der Waals surface area contributed by atoms with Crippen LogP contribution in [0.5, 0.6) is 0 Å². The van der Waals surface area contributed by atoms with Crippen molar-refractivity contribution in [3.05, 3.63) is 29.8 Å². The van der Waals surface area contributed by atoms with E-state index in [0.717, 1.165) is 12.8 Å². The number of nitrogens with one attached hydrogen (secondary N) is 2. The van der Waals surface area contributed by atoms with Gasteiger partial charge in [0.25, 0.3) is 0 Å². The molecular weight excluding hydrogens is 332 g/mol. The lowest BCUT2D eigenvalue weighted by molar-refractivity contribution is 0.0482. The maximum absolute atomic E-state index is 12.1. The lowest BCUT2D eigenvalue weighted by Gasteiger charge is -2.23. The van der Waals surface area contributed by atoms with E-state index in [9.17, 15) is 18.3 Å². The standard InChI is InChI=1S/C16H24N2O5S/c1-16(2,3)23-15(20)17-14(10-19)11-4-8-13(9-5-11)24(21,22)18-12-6-7-12/h4-5,8-9,12,14,18-19H,6-7,10H2,1-3H3,(H,17,20). The Balaban J connectivity index is 2.05. The summed E-state index contributed by atoms with van der Waals surface area (Å²) in [6, 6.07) is 5.42. The van der Waals surface area contributed by atoms with Gasteiger partial charge in [-0.1, -0.05) is 12.1 Å². The van der Waals surface area contributed by atoms with Crippen molar-refractivity contribution < 1.29 is 23.1 Å². The number of amides is 1. The van der Waals surface area contributed by atoms with Crippen LogP contribution >= 0.6 is 0 Å². The van der Waals surface area contributed by atoms with Crippen molar-refractivity contribution in [1.82, 2.24) is 10.0 Å². The van der Waals surface area contributed by atoms with E-state index in [2.05, 4.69) is 10.0 Å². The van der Waals surface area contributed by atoms with Crippen LogP contribution in [0.2, 0.25) is 0 Å². The molecule has 1 aromatic carbocycles. The van der Waals surface area contributed by atoms with Crippen molar-refractivity contribution in [2.75, 3.05) is 6.61 Å². The van der Waals surface area contributed by atoms with E-state index < -0.39 is 27.8 Å². The van der Waals surface area contributed by atoms with Crippen LogP contribution in [0.15, 0.2) is 29.2 Å². The molecule has 1 saturated carbocycles. The van der Waals surface area contributed by atoms with Gasteiger partial charge in [0.1, 0.15) is 5.60 Å². The molecule has 1 amide bonds. The van der Waals surface area contributed by atoms with Crippen LogP contribution in [-0.4, -0.2) is 37.9 Å². The molecule has 1 aliphatic rings. The molecule has 0 heterocycles. The van der Waals surface area contributed by atoms with Gasteiger partial charge in [-0.3, -0.25) is 0 Å². The molecule has 24 heavy (non-hydrogen) atoms. The van der Waals surface area contributed by atoms with E-state index >= 15 is 0 Å². The Bertz CT molecular complexity index is 675. The van der Waals surface area contributed by atoms with Crippen LogP contribution < -0.4 is 10.0 Å². The van der Waals surface area contributed by atoms with E-state index in [4.69, 9.17) is 4.74 Å². The number of aliphatic hydroxyl groups is 1. The van der Waals surface area contributed by atoms with Crippen LogP contribution in [0.25, 0.3) is 0 Å². The molecule has 8 heteroatoms. The Morgan fingerprint density at radius 3 is 2.33 bits per heavy atom. The van der Waals surface area contributed by atoms with E-state index in [1.165, 1.54) is 12.1 Å². The first kappa shape index (κ1) is 18.7. The molecule has 0 radical (unpaired) electrons. The minimum Gasteiger partial charge on any atom is -0.444 e. The molecule has 134 valence electrons. The lowest BCUT2D eigenvalue weighted by Crippen LogP contribution is -2.36. The van der Waals surface area contributed by atoms with Crippen LogP contribution in [0.3, 0.4) is 0 Å². The molecule has 0 aromatic heterocycles. The quantitative estimate of drug-likeness (QED) is 0.719. The number of rotatable bonds is 6. The number of ether oxygens (including phenoxy) is 1. The third-order valence-corrected chi connectivity index (χ3v) is 4.90. The zero-order chi connectivity index (χ0) is 18.0. The molecule has 0 spiro atoms. The molecule has 3 N–H and O–H groups in total. The Morgan fingerprint density at radius 1 is 1.29 bits per heavy atom. The largest absolute Gasteiger partial charge is 0.444 e. The molecule has 1 aromatic rings. The number of carbonyl (C=O) groups is 1. The SMILES string of the molecule is CC(C)(C)OC(=O)NC(CO)c1ccc(S(=O)(=O)NC2CC2)cc1. The van der Waals surface area contributed by atoms with Gasteiger partial charge in [-0.05, 0) is 51.3 Å². The van der Waals surface area contributed by atoms with Crippen molar-refractivity contribution in [2.45, 2.75) is 56.2 Å². The normalized spacial score (nSPS) is 16.5. The lowest BCUT2D eigenvalue weighted by atomic mass is 10.1. The first-order valence-electron chi connectivity index (χ1n) is 7.83. The summed E-state index contributed by atoms with van der Waals surface area (Å²) in [7, 11) is -3.52. The molecule has 1 aliphatic carbocycles. The summed E-state index contributed by atoms with van der Waals surface area (Å²) >= 11 is 0. The predicted molar refractivity (Wildman–Crippen MR) is 89.0 cm³/mol. The fourth-order valence-electron chi connectivity index (χ4n) is 2.05. The molecule has 1 unspecified atom stereocenters. The summed E-state index contributed by atoms with van der Waals surface area (Å²) in [4.78, 5) is 12.0. The van der Waals surface area contributed by atoms with Gasteiger partial charge in [0, 0.05) is 6.04 Å². The summed E-state index contributed by atoms with van der Waals surface area (Å²) in [5, 5.41) is 12.0. The highest BCUT2D eigenvalue weighted by molar-refractivity contribution is 7.89. The number of aliphatic hydroxyl groups excluding tert-OH is 1. The number of carbonyl (C=O) groups excluding carboxylic acids is 1. The zero-order valence-corrected chi connectivity index (χ0v) is 14.9. The Labute approximate surface area is 142 Å². The van der Waals surface area contributed by atoms with Crippen molar-refractivity contribution in [3.63, 3.8) is 0 Å². The molecule has 0 aliphatic heterocycles. The summed E-state index contributed by atoms with van der Waals surface area (Å²) in [6.07, 6.45) is 1.08. The minimum atomic E-state index is -3.52. The van der Waals surface area contributed by atoms with E-state index in [0.29, 0.717) is 5.56 Å². The van der Waals surface area contributed by atoms with E-state index in [-0.39, 0.29) is 17.5 Å². The predicted octanol–water partition coefficient (Wildman–Crippen LogP) is 1.69. The summed E-state index contributed by atoms with van der Waals surface area (Å²) in [5.74, 6) is 0. The molecule has 1 atom stereocenters. The van der Waals surface area contributed by atoms with Crippen molar-refractivity contribution >= 4 is 16.1 Å². The highest BCUT2D eigenvalue weighted by atomic mass is 32.2. The summed E-state index contributed by atoms with van der Waals surface area (Å²) < 4.78 is 32.0. The molecular formula is C16H24N2O5S.